The lowest BCUT2D eigenvalue weighted by Crippen LogP contribution is -2.50. The van der Waals surface area contributed by atoms with E-state index in [9.17, 15) is 13.2 Å². The third-order valence-corrected chi connectivity index (χ3v) is 4.74. The topological polar surface area (TPSA) is 83.5 Å². The second-order valence-electron chi connectivity index (χ2n) is 4.94. The SMILES string of the molecule is CCC(C)C(NS(=O)(=O)C(C)(C)C)C(=O)O. The molecule has 0 aliphatic carbocycles. The van der Waals surface area contributed by atoms with Gasteiger partial charge in [-0.25, -0.2) is 13.1 Å². The van der Waals surface area contributed by atoms with E-state index in [2.05, 4.69) is 4.72 Å². The minimum absolute atomic E-state index is 0.241. The van der Waals surface area contributed by atoms with E-state index in [1.54, 1.807) is 6.92 Å². The summed E-state index contributed by atoms with van der Waals surface area (Å²) in [5.74, 6) is -1.38. The highest BCUT2D eigenvalue weighted by atomic mass is 32.2. The van der Waals surface area contributed by atoms with Crippen LogP contribution in [0.4, 0.5) is 0 Å². The minimum Gasteiger partial charge on any atom is -0.480 e. The summed E-state index contributed by atoms with van der Waals surface area (Å²) in [4.78, 5) is 11.0. The second-order valence-corrected chi connectivity index (χ2v) is 7.40. The number of carboxylic acid groups (broad SMARTS) is 1. The van der Waals surface area contributed by atoms with Crippen molar-refractivity contribution in [2.45, 2.75) is 51.8 Å². The van der Waals surface area contributed by atoms with Gasteiger partial charge < -0.3 is 5.11 Å². The van der Waals surface area contributed by atoms with Crippen LogP contribution < -0.4 is 4.72 Å². The number of rotatable bonds is 5. The molecule has 2 N–H and O–H groups in total. The van der Waals surface area contributed by atoms with Crippen LogP contribution in [0, 0.1) is 5.92 Å². The molecule has 0 fully saturated rings. The van der Waals surface area contributed by atoms with Crippen LogP contribution in [0.15, 0.2) is 0 Å². The maximum absolute atomic E-state index is 11.8. The Bertz CT molecular complexity index is 342. The first-order valence-corrected chi connectivity index (χ1v) is 6.76. The zero-order chi connectivity index (χ0) is 13.1. The highest BCUT2D eigenvalue weighted by Crippen LogP contribution is 2.17. The van der Waals surface area contributed by atoms with Gasteiger partial charge in [0.25, 0.3) is 0 Å². The fourth-order valence-electron chi connectivity index (χ4n) is 0.990. The molecular formula is C10H21NO4S. The quantitative estimate of drug-likeness (QED) is 0.769. The van der Waals surface area contributed by atoms with Crippen molar-refractivity contribution in [2.75, 3.05) is 0 Å². The Morgan fingerprint density at radius 3 is 2.06 bits per heavy atom. The predicted octanol–water partition coefficient (Wildman–Crippen LogP) is 1.20. The van der Waals surface area contributed by atoms with E-state index in [1.807, 2.05) is 6.92 Å². The standard InChI is InChI=1S/C10H21NO4S/c1-6-7(2)8(9(12)13)11-16(14,15)10(3,4)5/h7-8,11H,6H2,1-5H3,(H,12,13). The van der Waals surface area contributed by atoms with E-state index in [0.717, 1.165) is 0 Å². The van der Waals surface area contributed by atoms with Crippen LogP contribution in [0.1, 0.15) is 41.0 Å². The van der Waals surface area contributed by atoms with E-state index >= 15 is 0 Å². The van der Waals surface area contributed by atoms with Gasteiger partial charge in [0, 0.05) is 0 Å². The van der Waals surface area contributed by atoms with Gasteiger partial charge in [0.1, 0.15) is 6.04 Å². The lowest BCUT2D eigenvalue weighted by Gasteiger charge is -2.25. The lowest BCUT2D eigenvalue weighted by molar-refractivity contribution is -0.140. The number of aliphatic carboxylic acids is 1. The molecule has 0 spiro atoms. The number of carbonyl (C=O) groups is 1. The maximum Gasteiger partial charge on any atom is 0.322 e. The van der Waals surface area contributed by atoms with Gasteiger partial charge in [0.15, 0.2) is 0 Å². The van der Waals surface area contributed by atoms with Crippen molar-refractivity contribution in [1.29, 1.82) is 0 Å². The Hall–Kier alpha value is -0.620. The highest BCUT2D eigenvalue weighted by Gasteiger charge is 2.35. The normalized spacial score (nSPS) is 16.8. The van der Waals surface area contributed by atoms with Gasteiger partial charge in [-0.05, 0) is 26.7 Å². The average Bonchev–Trinajstić information content (AvgIpc) is 2.10. The number of hydrogen-bond donors (Lipinski definition) is 2. The zero-order valence-corrected chi connectivity index (χ0v) is 11.3. The molecule has 6 heteroatoms. The van der Waals surface area contributed by atoms with E-state index < -0.39 is 26.8 Å². The van der Waals surface area contributed by atoms with Crippen molar-refractivity contribution in [3.05, 3.63) is 0 Å². The van der Waals surface area contributed by atoms with Crippen LogP contribution >= 0.6 is 0 Å². The first-order chi connectivity index (χ1) is 7.03. The summed E-state index contributed by atoms with van der Waals surface area (Å²) in [7, 11) is -3.63. The molecule has 0 aromatic heterocycles. The average molecular weight is 251 g/mol. The van der Waals surface area contributed by atoms with Gasteiger partial charge in [-0.15, -0.1) is 0 Å². The first-order valence-electron chi connectivity index (χ1n) is 5.27. The molecule has 0 aliphatic heterocycles. The summed E-state index contributed by atoms with van der Waals surface area (Å²) in [6.07, 6.45) is 0.601. The zero-order valence-electron chi connectivity index (χ0n) is 10.4. The Labute approximate surface area is 97.3 Å². The fraction of sp³-hybridized carbons (Fsp3) is 0.900. The molecule has 16 heavy (non-hydrogen) atoms. The van der Waals surface area contributed by atoms with Crippen LogP contribution in [-0.2, 0) is 14.8 Å². The lowest BCUT2D eigenvalue weighted by atomic mass is 10.0. The minimum atomic E-state index is -3.63. The van der Waals surface area contributed by atoms with E-state index in [-0.39, 0.29) is 5.92 Å². The molecule has 0 amide bonds. The molecule has 0 rings (SSSR count). The molecule has 2 atom stereocenters. The van der Waals surface area contributed by atoms with E-state index in [4.69, 9.17) is 5.11 Å². The summed E-state index contributed by atoms with van der Waals surface area (Å²) in [6, 6.07) is -1.06. The van der Waals surface area contributed by atoms with Crippen molar-refractivity contribution in [3.8, 4) is 0 Å². The van der Waals surface area contributed by atoms with Crippen LogP contribution in [0.3, 0.4) is 0 Å². The van der Waals surface area contributed by atoms with Gasteiger partial charge in [0.05, 0.1) is 4.75 Å². The summed E-state index contributed by atoms with van der Waals surface area (Å²) in [6.45, 7) is 8.14. The Balaban J connectivity index is 4.99. The molecule has 0 saturated carbocycles. The number of nitrogens with one attached hydrogen (secondary N) is 1. The molecule has 96 valence electrons. The first kappa shape index (κ1) is 15.4. The van der Waals surface area contributed by atoms with Gasteiger partial charge in [-0.1, -0.05) is 20.3 Å². The molecule has 5 nitrogen and oxygen atoms in total. The van der Waals surface area contributed by atoms with Crippen LogP contribution in [0.25, 0.3) is 0 Å². The number of carboxylic acids is 1. The largest absolute Gasteiger partial charge is 0.480 e. The summed E-state index contributed by atoms with van der Waals surface area (Å²) in [5.41, 5.74) is 0. The van der Waals surface area contributed by atoms with Gasteiger partial charge in [-0.2, -0.15) is 0 Å². The van der Waals surface area contributed by atoms with E-state index in [1.165, 1.54) is 20.8 Å². The number of sulfonamides is 1. The molecule has 0 aromatic carbocycles. The Morgan fingerprint density at radius 1 is 1.38 bits per heavy atom. The predicted molar refractivity (Wildman–Crippen MR) is 62.7 cm³/mol. The smallest absolute Gasteiger partial charge is 0.322 e. The fourth-order valence-corrected chi connectivity index (χ4v) is 2.01. The van der Waals surface area contributed by atoms with Crippen LogP contribution in [0.5, 0.6) is 0 Å². The van der Waals surface area contributed by atoms with Gasteiger partial charge in [-0.3, -0.25) is 4.79 Å². The van der Waals surface area contributed by atoms with Crippen LogP contribution in [-0.4, -0.2) is 30.3 Å². The number of hydrogen-bond acceptors (Lipinski definition) is 3. The molecule has 0 saturated heterocycles. The summed E-state index contributed by atoms with van der Waals surface area (Å²) < 4.78 is 24.9. The van der Waals surface area contributed by atoms with Gasteiger partial charge >= 0.3 is 5.97 Å². The Kier molecular flexibility index (Phi) is 4.94. The van der Waals surface area contributed by atoms with Crippen molar-refractivity contribution >= 4 is 16.0 Å². The van der Waals surface area contributed by atoms with Crippen molar-refractivity contribution in [1.82, 2.24) is 4.72 Å². The Morgan fingerprint density at radius 2 is 1.81 bits per heavy atom. The third-order valence-electron chi connectivity index (χ3n) is 2.57. The molecule has 0 aromatic rings. The summed E-state index contributed by atoms with van der Waals surface area (Å²) >= 11 is 0. The van der Waals surface area contributed by atoms with Crippen molar-refractivity contribution in [3.63, 3.8) is 0 Å². The van der Waals surface area contributed by atoms with E-state index in [0.29, 0.717) is 6.42 Å². The molecule has 0 heterocycles. The highest BCUT2D eigenvalue weighted by molar-refractivity contribution is 7.90. The molecule has 0 bridgehead atoms. The molecule has 0 radical (unpaired) electrons. The molecule has 0 aliphatic rings. The van der Waals surface area contributed by atoms with Crippen molar-refractivity contribution < 1.29 is 18.3 Å². The van der Waals surface area contributed by atoms with Gasteiger partial charge in [0.2, 0.25) is 10.0 Å². The summed E-state index contributed by atoms with van der Waals surface area (Å²) in [5, 5.41) is 8.98. The second kappa shape index (κ2) is 5.14. The molecule has 2 unspecified atom stereocenters. The monoisotopic (exact) mass is 251 g/mol. The van der Waals surface area contributed by atoms with Crippen LogP contribution in [0.2, 0.25) is 0 Å². The maximum atomic E-state index is 11.8. The third kappa shape index (κ3) is 3.75. The molecular weight excluding hydrogens is 230 g/mol. The van der Waals surface area contributed by atoms with Crippen molar-refractivity contribution in [2.24, 2.45) is 5.92 Å².